The van der Waals surface area contributed by atoms with Crippen LogP contribution in [0.15, 0.2) is 21.7 Å². The Balaban J connectivity index is 2.93. The predicted octanol–water partition coefficient (Wildman–Crippen LogP) is 2.14. The van der Waals surface area contributed by atoms with Crippen LogP contribution in [0.3, 0.4) is 0 Å². The SMILES string of the molecule is CC(O)C(O)C1=C(Cl)CCC=C1Cl. The fourth-order valence-corrected chi connectivity index (χ4v) is 1.95. The van der Waals surface area contributed by atoms with E-state index in [-0.39, 0.29) is 0 Å². The second-order valence-corrected chi connectivity index (χ2v) is 3.96. The zero-order chi connectivity index (χ0) is 10.0. The van der Waals surface area contributed by atoms with E-state index in [9.17, 15) is 10.2 Å². The molecule has 2 unspecified atom stereocenters. The van der Waals surface area contributed by atoms with Gasteiger partial charge in [0.25, 0.3) is 0 Å². The number of hydrogen-bond acceptors (Lipinski definition) is 2. The molecule has 0 radical (unpaired) electrons. The number of halogens is 2. The van der Waals surface area contributed by atoms with Crippen molar-refractivity contribution in [2.45, 2.75) is 32.0 Å². The Morgan fingerprint density at radius 1 is 1.38 bits per heavy atom. The van der Waals surface area contributed by atoms with E-state index in [0.29, 0.717) is 22.1 Å². The number of hydrogen-bond donors (Lipinski definition) is 2. The number of aliphatic hydroxyl groups excluding tert-OH is 2. The first kappa shape index (κ1) is 11.1. The molecule has 0 aromatic heterocycles. The van der Waals surface area contributed by atoms with Gasteiger partial charge in [-0.1, -0.05) is 29.3 Å². The highest BCUT2D eigenvalue weighted by molar-refractivity contribution is 6.36. The molecule has 0 saturated heterocycles. The lowest BCUT2D eigenvalue weighted by Gasteiger charge is -2.21. The molecule has 2 nitrogen and oxygen atoms in total. The Morgan fingerprint density at radius 2 is 2.00 bits per heavy atom. The molecular formula is C9H12Cl2O2. The van der Waals surface area contributed by atoms with Gasteiger partial charge in [0.2, 0.25) is 0 Å². The third-order valence-electron chi connectivity index (χ3n) is 1.99. The van der Waals surface area contributed by atoms with Crippen LogP contribution in [0.2, 0.25) is 0 Å². The quantitative estimate of drug-likeness (QED) is 0.752. The summed E-state index contributed by atoms with van der Waals surface area (Å²) in [6.07, 6.45) is 1.42. The Hall–Kier alpha value is -0.0200. The summed E-state index contributed by atoms with van der Waals surface area (Å²) in [4.78, 5) is 0. The van der Waals surface area contributed by atoms with Crippen molar-refractivity contribution in [1.82, 2.24) is 0 Å². The lowest BCUT2D eigenvalue weighted by Crippen LogP contribution is -2.26. The summed E-state index contributed by atoms with van der Waals surface area (Å²) in [5, 5.41) is 19.7. The van der Waals surface area contributed by atoms with E-state index in [1.54, 1.807) is 6.08 Å². The fraction of sp³-hybridized carbons (Fsp3) is 0.556. The molecule has 1 aliphatic carbocycles. The van der Waals surface area contributed by atoms with Gasteiger partial charge in [0, 0.05) is 15.6 Å². The minimum absolute atomic E-state index is 0.449. The fourth-order valence-electron chi connectivity index (χ4n) is 1.24. The second kappa shape index (κ2) is 4.47. The molecule has 0 amide bonds. The maximum atomic E-state index is 9.57. The summed E-state index contributed by atoms with van der Waals surface area (Å²) in [5.74, 6) is 0. The van der Waals surface area contributed by atoms with Gasteiger partial charge in [0.05, 0.1) is 6.10 Å². The molecule has 74 valence electrons. The predicted molar refractivity (Wildman–Crippen MR) is 53.7 cm³/mol. The monoisotopic (exact) mass is 222 g/mol. The summed E-state index contributed by atoms with van der Waals surface area (Å²) in [6.45, 7) is 1.50. The molecule has 0 aliphatic heterocycles. The highest BCUT2D eigenvalue weighted by Crippen LogP contribution is 2.33. The third kappa shape index (κ3) is 2.47. The largest absolute Gasteiger partial charge is 0.390 e. The average molecular weight is 223 g/mol. The van der Waals surface area contributed by atoms with Crippen molar-refractivity contribution in [3.05, 3.63) is 21.7 Å². The van der Waals surface area contributed by atoms with Gasteiger partial charge in [-0.05, 0) is 19.8 Å². The molecule has 1 aliphatic rings. The highest BCUT2D eigenvalue weighted by Gasteiger charge is 2.24. The summed E-state index contributed by atoms with van der Waals surface area (Å²) in [5.41, 5.74) is 0.463. The van der Waals surface area contributed by atoms with E-state index in [4.69, 9.17) is 23.2 Å². The number of rotatable bonds is 2. The molecule has 0 spiro atoms. The topological polar surface area (TPSA) is 40.5 Å². The van der Waals surface area contributed by atoms with Crippen LogP contribution in [-0.4, -0.2) is 22.4 Å². The minimum Gasteiger partial charge on any atom is -0.390 e. The molecule has 0 bridgehead atoms. The Labute approximate surface area is 87.5 Å². The third-order valence-corrected chi connectivity index (χ3v) is 2.74. The molecule has 0 aromatic rings. The van der Waals surface area contributed by atoms with Crippen molar-refractivity contribution in [2.24, 2.45) is 0 Å². The zero-order valence-corrected chi connectivity index (χ0v) is 8.81. The normalized spacial score (nSPS) is 22.7. The van der Waals surface area contributed by atoms with Crippen molar-refractivity contribution < 1.29 is 10.2 Å². The van der Waals surface area contributed by atoms with E-state index >= 15 is 0 Å². The summed E-state index contributed by atoms with van der Waals surface area (Å²) in [7, 11) is 0. The maximum Gasteiger partial charge on any atom is 0.107 e. The maximum absolute atomic E-state index is 9.57. The standard InChI is InChI=1S/C9H12Cl2O2/c1-5(12)9(13)8-6(10)3-2-4-7(8)11/h3,5,9,12-13H,2,4H2,1H3. The van der Waals surface area contributed by atoms with Gasteiger partial charge in [0.1, 0.15) is 6.10 Å². The molecule has 1 rings (SSSR count). The molecule has 0 saturated carbocycles. The zero-order valence-electron chi connectivity index (χ0n) is 7.30. The Bertz CT molecular complexity index is 256. The van der Waals surface area contributed by atoms with Gasteiger partial charge in [-0.3, -0.25) is 0 Å². The average Bonchev–Trinajstić information content (AvgIpc) is 2.03. The molecule has 13 heavy (non-hydrogen) atoms. The van der Waals surface area contributed by atoms with Gasteiger partial charge in [-0.25, -0.2) is 0 Å². The molecular weight excluding hydrogens is 211 g/mol. The molecule has 0 fully saturated rings. The van der Waals surface area contributed by atoms with Gasteiger partial charge >= 0.3 is 0 Å². The van der Waals surface area contributed by atoms with Gasteiger partial charge in [-0.15, -0.1) is 0 Å². The van der Waals surface area contributed by atoms with Crippen LogP contribution < -0.4 is 0 Å². The van der Waals surface area contributed by atoms with Crippen molar-refractivity contribution in [1.29, 1.82) is 0 Å². The Morgan fingerprint density at radius 3 is 2.46 bits per heavy atom. The van der Waals surface area contributed by atoms with Crippen LogP contribution in [0.1, 0.15) is 19.8 Å². The van der Waals surface area contributed by atoms with Crippen molar-refractivity contribution in [2.75, 3.05) is 0 Å². The van der Waals surface area contributed by atoms with Crippen LogP contribution >= 0.6 is 23.2 Å². The number of allylic oxidation sites excluding steroid dienone is 2. The first-order valence-electron chi connectivity index (χ1n) is 4.14. The molecule has 2 N–H and O–H groups in total. The van der Waals surface area contributed by atoms with Crippen LogP contribution in [0, 0.1) is 0 Å². The number of aliphatic hydroxyl groups is 2. The van der Waals surface area contributed by atoms with Crippen molar-refractivity contribution in [3.8, 4) is 0 Å². The van der Waals surface area contributed by atoms with Crippen LogP contribution in [-0.2, 0) is 0 Å². The minimum atomic E-state index is -0.989. The van der Waals surface area contributed by atoms with E-state index < -0.39 is 12.2 Å². The summed E-state index contributed by atoms with van der Waals surface area (Å²) < 4.78 is 0. The summed E-state index contributed by atoms with van der Waals surface area (Å²) >= 11 is 11.8. The first-order chi connectivity index (χ1) is 6.04. The summed E-state index contributed by atoms with van der Waals surface area (Å²) in [6, 6.07) is 0. The lowest BCUT2D eigenvalue weighted by atomic mass is 9.99. The van der Waals surface area contributed by atoms with Gasteiger partial charge < -0.3 is 10.2 Å². The van der Waals surface area contributed by atoms with Crippen molar-refractivity contribution >= 4 is 23.2 Å². The first-order valence-corrected chi connectivity index (χ1v) is 4.90. The van der Waals surface area contributed by atoms with E-state index in [2.05, 4.69) is 0 Å². The molecule has 0 aromatic carbocycles. The van der Waals surface area contributed by atoms with Crippen LogP contribution in [0.4, 0.5) is 0 Å². The van der Waals surface area contributed by atoms with Gasteiger partial charge in [-0.2, -0.15) is 0 Å². The smallest absolute Gasteiger partial charge is 0.107 e. The van der Waals surface area contributed by atoms with E-state index in [0.717, 1.165) is 6.42 Å². The van der Waals surface area contributed by atoms with Crippen molar-refractivity contribution in [3.63, 3.8) is 0 Å². The molecule has 2 atom stereocenters. The molecule has 0 heterocycles. The van der Waals surface area contributed by atoms with Crippen LogP contribution in [0.25, 0.3) is 0 Å². The molecule has 4 heteroatoms. The lowest BCUT2D eigenvalue weighted by molar-refractivity contribution is 0.0559. The van der Waals surface area contributed by atoms with Gasteiger partial charge in [0.15, 0.2) is 0 Å². The second-order valence-electron chi connectivity index (χ2n) is 3.09. The van der Waals surface area contributed by atoms with E-state index in [1.165, 1.54) is 6.92 Å². The van der Waals surface area contributed by atoms with E-state index in [1.807, 2.05) is 0 Å². The highest BCUT2D eigenvalue weighted by atomic mass is 35.5. The van der Waals surface area contributed by atoms with Crippen LogP contribution in [0.5, 0.6) is 0 Å². The Kier molecular flexibility index (Phi) is 3.80.